The molecule has 4 nitrogen and oxygen atoms in total. The van der Waals surface area contributed by atoms with E-state index in [2.05, 4.69) is 11.8 Å². The fourth-order valence-corrected chi connectivity index (χ4v) is 2.41. The van der Waals surface area contributed by atoms with Gasteiger partial charge in [-0.2, -0.15) is 0 Å². The van der Waals surface area contributed by atoms with Gasteiger partial charge in [0.25, 0.3) is 0 Å². The Labute approximate surface area is 121 Å². The van der Waals surface area contributed by atoms with Crippen LogP contribution in [0.3, 0.4) is 0 Å². The summed E-state index contributed by atoms with van der Waals surface area (Å²) >= 11 is 0. The Morgan fingerprint density at radius 3 is 2.15 bits per heavy atom. The third-order valence-electron chi connectivity index (χ3n) is 3.80. The van der Waals surface area contributed by atoms with Gasteiger partial charge in [-0.05, 0) is 12.8 Å². The molecule has 0 bridgehead atoms. The topological polar surface area (TPSA) is 57.6 Å². The number of hydrogen-bond acceptors (Lipinski definition) is 2. The number of piperidine rings is 1. The normalized spacial score (nSPS) is 17.8. The average molecular weight is 279 g/mol. The number of nitrogens with zero attached hydrogens (tertiary/aromatic N) is 1. The van der Waals surface area contributed by atoms with Crippen molar-refractivity contribution in [3.05, 3.63) is 0 Å². The van der Waals surface area contributed by atoms with Crippen LogP contribution in [0.1, 0.15) is 47.0 Å². The van der Waals surface area contributed by atoms with Crippen LogP contribution in [0.25, 0.3) is 0 Å². The molecule has 1 heterocycles. The zero-order chi connectivity index (χ0) is 15.3. The highest BCUT2D eigenvalue weighted by atomic mass is 16.4. The number of carboxylic acids is 1. The molecule has 1 rings (SSSR count). The summed E-state index contributed by atoms with van der Waals surface area (Å²) in [6.07, 6.45) is 1.37. The number of likely N-dealkylation sites (tertiary alicyclic amines) is 1. The second-order valence-corrected chi connectivity index (χ2v) is 6.22. The van der Waals surface area contributed by atoms with Crippen LogP contribution in [-0.4, -0.2) is 35.0 Å². The minimum Gasteiger partial charge on any atom is -0.481 e. The minimum absolute atomic E-state index is 0.0342. The van der Waals surface area contributed by atoms with E-state index in [0.29, 0.717) is 32.4 Å². The van der Waals surface area contributed by atoms with E-state index >= 15 is 0 Å². The molecule has 0 aromatic carbocycles. The number of hydrogen-bond donors (Lipinski definition) is 1. The molecule has 1 amide bonds. The molecule has 0 unspecified atom stereocenters. The average Bonchev–Trinajstić information content (AvgIpc) is 2.37. The van der Waals surface area contributed by atoms with E-state index in [1.165, 1.54) is 0 Å². The molecular weight excluding hydrogens is 254 g/mol. The molecule has 0 atom stereocenters. The SMILES string of the molecule is CC(C)C#CCC1(C(=O)O)CCN(C(=O)C(C)C)CC1. The Morgan fingerprint density at radius 1 is 1.20 bits per heavy atom. The molecule has 0 saturated carbocycles. The number of aliphatic carboxylic acids is 1. The molecule has 20 heavy (non-hydrogen) atoms. The molecule has 0 aliphatic carbocycles. The van der Waals surface area contributed by atoms with Gasteiger partial charge in [-0.3, -0.25) is 9.59 Å². The lowest BCUT2D eigenvalue weighted by Gasteiger charge is -2.38. The van der Waals surface area contributed by atoms with Crippen molar-refractivity contribution < 1.29 is 14.7 Å². The van der Waals surface area contributed by atoms with Crippen molar-refractivity contribution in [2.45, 2.75) is 47.0 Å². The molecule has 0 spiro atoms. The van der Waals surface area contributed by atoms with Gasteiger partial charge in [-0.1, -0.05) is 27.7 Å². The summed E-state index contributed by atoms with van der Waals surface area (Å²) < 4.78 is 0. The van der Waals surface area contributed by atoms with Crippen molar-refractivity contribution >= 4 is 11.9 Å². The van der Waals surface area contributed by atoms with Crippen LogP contribution in [-0.2, 0) is 9.59 Å². The fraction of sp³-hybridized carbons (Fsp3) is 0.750. The Hall–Kier alpha value is -1.50. The van der Waals surface area contributed by atoms with Gasteiger partial charge >= 0.3 is 5.97 Å². The molecular formula is C16H25NO3. The van der Waals surface area contributed by atoms with E-state index in [-0.39, 0.29) is 17.7 Å². The summed E-state index contributed by atoms with van der Waals surface area (Å²) in [6, 6.07) is 0. The highest BCUT2D eigenvalue weighted by Gasteiger charge is 2.42. The molecule has 1 fully saturated rings. The van der Waals surface area contributed by atoms with Gasteiger partial charge < -0.3 is 10.0 Å². The van der Waals surface area contributed by atoms with Gasteiger partial charge in [0.1, 0.15) is 0 Å². The lowest BCUT2D eigenvalue weighted by molar-refractivity contribution is -0.154. The fourth-order valence-electron chi connectivity index (χ4n) is 2.41. The van der Waals surface area contributed by atoms with Gasteiger partial charge in [-0.15, -0.1) is 11.8 Å². The maximum absolute atomic E-state index is 11.9. The Kier molecular flexibility index (Phi) is 5.62. The van der Waals surface area contributed by atoms with E-state index in [0.717, 1.165) is 0 Å². The summed E-state index contributed by atoms with van der Waals surface area (Å²) in [6.45, 7) is 8.76. The summed E-state index contributed by atoms with van der Waals surface area (Å²) in [7, 11) is 0. The van der Waals surface area contributed by atoms with Crippen LogP contribution in [0.5, 0.6) is 0 Å². The van der Waals surface area contributed by atoms with Crippen LogP contribution in [0.4, 0.5) is 0 Å². The Morgan fingerprint density at radius 2 is 1.75 bits per heavy atom. The summed E-state index contributed by atoms with van der Waals surface area (Å²) in [5.41, 5.74) is -0.782. The van der Waals surface area contributed by atoms with E-state index in [1.54, 1.807) is 4.90 Å². The second kappa shape index (κ2) is 6.78. The first-order valence-corrected chi connectivity index (χ1v) is 7.29. The van der Waals surface area contributed by atoms with Gasteiger partial charge in [0.15, 0.2) is 0 Å². The predicted molar refractivity (Wildman–Crippen MR) is 78.0 cm³/mol. The van der Waals surface area contributed by atoms with Gasteiger partial charge in [0.05, 0.1) is 5.41 Å². The largest absolute Gasteiger partial charge is 0.481 e. The highest BCUT2D eigenvalue weighted by Crippen LogP contribution is 2.35. The molecule has 112 valence electrons. The lowest BCUT2D eigenvalue weighted by atomic mass is 9.75. The van der Waals surface area contributed by atoms with Crippen molar-refractivity contribution in [2.24, 2.45) is 17.3 Å². The summed E-state index contributed by atoms with van der Waals surface area (Å²) in [5.74, 6) is 5.58. The summed E-state index contributed by atoms with van der Waals surface area (Å²) in [4.78, 5) is 25.3. The second-order valence-electron chi connectivity index (χ2n) is 6.22. The van der Waals surface area contributed by atoms with Gasteiger partial charge in [-0.25, -0.2) is 0 Å². The van der Waals surface area contributed by atoms with Crippen molar-refractivity contribution in [3.63, 3.8) is 0 Å². The lowest BCUT2D eigenvalue weighted by Crippen LogP contribution is -2.47. The third-order valence-corrected chi connectivity index (χ3v) is 3.80. The van der Waals surface area contributed by atoms with E-state index in [9.17, 15) is 14.7 Å². The Balaban J connectivity index is 2.72. The van der Waals surface area contributed by atoms with Crippen LogP contribution in [0.15, 0.2) is 0 Å². The summed E-state index contributed by atoms with van der Waals surface area (Å²) in [5, 5.41) is 9.52. The van der Waals surface area contributed by atoms with Crippen molar-refractivity contribution in [1.29, 1.82) is 0 Å². The number of carbonyl (C=O) groups is 2. The standard InChI is InChI=1S/C16H25NO3/c1-12(2)6-5-7-16(15(19)20)8-10-17(11-9-16)14(18)13(3)4/h12-13H,7-11H2,1-4H3,(H,19,20). The molecule has 0 radical (unpaired) electrons. The maximum atomic E-state index is 11.9. The van der Waals surface area contributed by atoms with E-state index in [4.69, 9.17) is 0 Å². The molecule has 1 saturated heterocycles. The van der Waals surface area contributed by atoms with Crippen LogP contribution >= 0.6 is 0 Å². The minimum atomic E-state index is -0.785. The maximum Gasteiger partial charge on any atom is 0.310 e. The number of amides is 1. The quantitative estimate of drug-likeness (QED) is 0.807. The molecule has 0 aromatic rings. The van der Waals surface area contributed by atoms with Crippen LogP contribution in [0, 0.1) is 29.1 Å². The molecule has 0 aromatic heterocycles. The smallest absolute Gasteiger partial charge is 0.310 e. The molecule has 1 aliphatic heterocycles. The monoisotopic (exact) mass is 279 g/mol. The number of rotatable bonds is 3. The van der Waals surface area contributed by atoms with E-state index in [1.807, 2.05) is 27.7 Å². The van der Waals surface area contributed by atoms with Crippen molar-refractivity contribution in [1.82, 2.24) is 4.90 Å². The van der Waals surface area contributed by atoms with E-state index < -0.39 is 11.4 Å². The zero-order valence-corrected chi connectivity index (χ0v) is 12.9. The first-order chi connectivity index (χ1) is 9.28. The zero-order valence-electron chi connectivity index (χ0n) is 12.9. The molecule has 4 heteroatoms. The number of carboxylic acid groups (broad SMARTS) is 1. The third kappa shape index (κ3) is 4.00. The predicted octanol–water partition coefficient (Wildman–Crippen LogP) is 2.39. The van der Waals surface area contributed by atoms with Crippen molar-refractivity contribution in [3.8, 4) is 11.8 Å². The van der Waals surface area contributed by atoms with Crippen LogP contribution in [0.2, 0.25) is 0 Å². The number of carbonyl (C=O) groups excluding carboxylic acids is 1. The first-order valence-electron chi connectivity index (χ1n) is 7.29. The molecule has 1 aliphatic rings. The van der Waals surface area contributed by atoms with Gasteiger partial charge in [0, 0.05) is 31.3 Å². The van der Waals surface area contributed by atoms with Crippen LogP contribution < -0.4 is 0 Å². The van der Waals surface area contributed by atoms with Crippen molar-refractivity contribution in [2.75, 3.05) is 13.1 Å². The molecule has 1 N–H and O–H groups in total. The Bertz CT molecular complexity index is 421. The van der Waals surface area contributed by atoms with Gasteiger partial charge in [0.2, 0.25) is 5.91 Å². The first kappa shape index (κ1) is 16.6. The highest BCUT2D eigenvalue weighted by molar-refractivity contribution is 5.79.